The second kappa shape index (κ2) is 9.00. The van der Waals surface area contributed by atoms with E-state index in [1.54, 1.807) is 0 Å². The molecule has 2 atom stereocenters. The number of likely N-dealkylation sites (N-methyl/N-ethyl adjacent to an activating group) is 1. The van der Waals surface area contributed by atoms with Crippen molar-refractivity contribution in [1.82, 2.24) is 4.90 Å². The van der Waals surface area contributed by atoms with Gasteiger partial charge in [-0.05, 0) is 19.9 Å². The second-order valence-corrected chi connectivity index (χ2v) is 4.30. The van der Waals surface area contributed by atoms with Gasteiger partial charge in [-0.25, -0.2) is 0 Å². The van der Waals surface area contributed by atoms with Crippen molar-refractivity contribution in [1.29, 1.82) is 5.26 Å². The van der Waals surface area contributed by atoms with Gasteiger partial charge >= 0.3 is 5.97 Å². The summed E-state index contributed by atoms with van der Waals surface area (Å²) < 4.78 is 4.84. The molecule has 0 aliphatic rings. The van der Waals surface area contributed by atoms with Crippen molar-refractivity contribution >= 4 is 5.97 Å². The number of methoxy groups -OCH3 is 1. The van der Waals surface area contributed by atoms with Gasteiger partial charge in [0.05, 0.1) is 19.1 Å². The number of hydrogen-bond acceptors (Lipinski definition) is 4. The predicted molar refractivity (Wildman–Crippen MR) is 67.4 cm³/mol. The summed E-state index contributed by atoms with van der Waals surface area (Å²) in [6.07, 6.45) is 2.85. The molecule has 0 aliphatic carbocycles. The highest BCUT2D eigenvalue weighted by molar-refractivity contribution is 5.75. The highest BCUT2D eigenvalue weighted by Gasteiger charge is 2.26. The molecule has 0 saturated carbocycles. The molecule has 0 spiro atoms. The average Bonchev–Trinajstić information content (AvgIpc) is 2.36. The van der Waals surface area contributed by atoms with E-state index in [-0.39, 0.29) is 17.9 Å². The summed E-state index contributed by atoms with van der Waals surface area (Å²) >= 11 is 0. The number of rotatable bonds is 8. The number of esters is 1. The Morgan fingerprint density at radius 2 is 2.12 bits per heavy atom. The first-order valence-corrected chi connectivity index (χ1v) is 6.32. The first kappa shape index (κ1) is 15.9. The zero-order valence-corrected chi connectivity index (χ0v) is 11.4. The molecule has 0 bridgehead atoms. The third kappa shape index (κ3) is 5.69. The summed E-state index contributed by atoms with van der Waals surface area (Å²) in [5.74, 6) is -0.255. The molecular weight excluding hydrogens is 216 g/mol. The van der Waals surface area contributed by atoms with Crippen LogP contribution in [0.1, 0.15) is 40.0 Å². The minimum atomic E-state index is -0.208. The first-order chi connectivity index (χ1) is 8.10. The maximum Gasteiger partial charge on any atom is 0.323 e. The van der Waals surface area contributed by atoms with Gasteiger partial charge in [0, 0.05) is 6.54 Å². The van der Waals surface area contributed by atoms with Crippen LogP contribution in [0.4, 0.5) is 0 Å². The number of ether oxygens (including phenoxy) is 1. The summed E-state index contributed by atoms with van der Waals surface area (Å²) in [6.45, 7) is 7.36. The molecule has 4 heteroatoms. The van der Waals surface area contributed by atoms with Gasteiger partial charge in [0.25, 0.3) is 0 Å². The molecule has 0 radical (unpaired) electrons. The molecule has 0 aromatic rings. The van der Waals surface area contributed by atoms with Crippen molar-refractivity contribution in [2.45, 2.75) is 46.1 Å². The van der Waals surface area contributed by atoms with Gasteiger partial charge < -0.3 is 4.74 Å². The number of carbonyl (C=O) groups excluding carboxylic acids is 1. The third-order valence-electron chi connectivity index (χ3n) is 2.88. The molecule has 0 heterocycles. The SMILES string of the molecule is CCCCC(C(=O)OC)N(CC)CC(C)C#N. The maximum absolute atomic E-state index is 11.7. The molecule has 0 rings (SSSR count). The van der Waals surface area contributed by atoms with Crippen molar-refractivity contribution < 1.29 is 9.53 Å². The van der Waals surface area contributed by atoms with Crippen LogP contribution in [0.5, 0.6) is 0 Å². The summed E-state index contributed by atoms with van der Waals surface area (Å²) in [6, 6.07) is 2.00. The molecule has 0 aromatic heterocycles. The van der Waals surface area contributed by atoms with E-state index in [1.807, 2.05) is 18.7 Å². The Kier molecular flexibility index (Phi) is 8.43. The van der Waals surface area contributed by atoms with E-state index in [4.69, 9.17) is 10.00 Å². The van der Waals surface area contributed by atoms with Crippen molar-refractivity contribution in [2.24, 2.45) is 5.92 Å². The van der Waals surface area contributed by atoms with Gasteiger partial charge in [-0.1, -0.05) is 26.7 Å². The molecule has 0 aliphatic heterocycles. The van der Waals surface area contributed by atoms with Gasteiger partial charge in [0.1, 0.15) is 6.04 Å². The maximum atomic E-state index is 11.7. The zero-order valence-electron chi connectivity index (χ0n) is 11.4. The highest BCUT2D eigenvalue weighted by Crippen LogP contribution is 2.12. The van der Waals surface area contributed by atoms with Crippen LogP contribution in [-0.2, 0) is 9.53 Å². The molecule has 17 heavy (non-hydrogen) atoms. The van der Waals surface area contributed by atoms with Gasteiger partial charge in [0.2, 0.25) is 0 Å². The minimum Gasteiger partial charge on any atom is -0.468 e. The quantitative estimate of drug-likeness (QED) is 0.610. The Morgan fingerprint density at radius 1 is 1.47 bits per heavy atom. The lowest BCUT2D eigenvalue weighted by Gasteiger charge is -2.29. The Hall–Kier alpha value is -1.08. The minimum absolute atomic E-state index is 0.0660. The van der Waals surface area contributed by atoms with Crippen LogP contribution in [0.2, 0.25) is 0 Å². The van der Waals surface area contributed by atoms with Crippen LogP contribution < -0.4 is 0 Å². The highest BCUT2D eigenvalue weighted by atomic mass is 16.5. The molecular formula is C13H24N2O2. The molecule has 0 amide bonds. The van der Waals surface area contributed by atoms with E-state index in [0.717, 1.165) is 25.8 Å². The molecule has 0 N–H and O–H groups in total. The summed E-state index contributed by atoms with van der Waals surface area (Å²) in [5.41, 5.74) is 0. The molecule has 4 nitrogen and oxygen atoms in total. The monoisotopic (exact) mass is 240 g/mol. The van der Waals surface area contributed by atoms with E-state index >= 15 is 0 Å². The summed E-state index contributed by atoms with van der Waals surface area (Å²) in [5, 5.41) is 8.84. The largest absolute Gasteiger partial charge is 0.468 e. The molecule has 0 saturated heterocycles. The first-order valence-electron chi connectivity index (χ1n) is 6.32. The number of nitriles is 1. The Balaban J connectivity index is 4.60. The fraction of sp³-hybridized carbons (Fsp3) is 0.846. The average molecular weight is 240 g/mol. The van der Waals surface area contributed by atoms with Crippen LogP contribution in [0.25, 0.3) is 0 Å². The van der Waals surface area contributed by atoms with Gasteiger partial charge in [-0.15, -0.1) is 0 Å². The van der Waals surface area contributed by atoms with Gasteiger partial charge in [-0.2, -0.15) is 5.26 Å². The third-order valence-corrected chi connectivity index (χ3v) is 2.88. The Labute approximate surface area is 105 Å². The van der Waals surface area contributed by atoms with Crippen molar-refractivity contribution in [2.75, 3.05) is 20.2 Å². The fourth-order valence-corrected chi connectivity index (χ4v) is 1.85. The number of carbonyl (C=O) groups is 1. The van der Waals surface area contributed by atoms with Crippen LogP contribution in [0, 0.1) is 17.2 Å². The van der Waals surface area contributed by atoms with E-state index in [1.165, 1.54) is 7.11 Å². The molecule has 2 unspecified atom stereocenters. The Morgan fingerprint density at radius 3 is 2.53 bits per heavy atom. The zero-order chi connectivity index (χ0) is 13.3. The van der Waals surface area contributed by atoms with Crippen molar-refractivity contribution in [3.8, 4) is 6.07 Å². The Bertz CT molecular complexity index is 261. The van der Waals surface area contributed by atoms with Crippen LogP contribution in [-0.4, -0.2) is 37.1 Å². The lowest BCUT2D eigenvalue weighted by atomic mass is 10.1. The predicted octanol–water partition coefficient (Wildman–Crippen LogP) is 2.20. The molecule has 0 aromatic carbocycles. The fourth-order valence-electron chi connectivity index (χ4n) is 1.85. The summed E-state index contributed by atoms with van der Waals surface area (Å²) in [4.78, 5) is 13.8. The van der Waals surface area contributed by atoms with Crippen LogP contribution >= 0.6 is 0 Å². The smallest absolute Gasteiger partial charge is 0.323 e. The van der Waals surface area contributed by atoms with E-state index in [9.17, 15) is 4.79 Å². The van der Waals surface area contributed by atoms with E-state index in [0.29, 0.717) is 6.54 Å². The second-order valence-electron chi connectivity index (χ2n) is 4.30. The topological polar surface area (TPSA) is 53.3 Å². The van der Waals surface area contributed by atoms with Crippen LogP contribution in [0.15, 0.2) is 0 Å². The van der Waals surface area contributed by atoms with Crippen LogP contribution in [0.3, 0.4) is 0 Å². The molecule has 0 fully saturated rings. The van der Waals surface area contributed by atoms with Gasteiger partial charge in [-0.3, -0.25) is 9.69 Å². The number of nitrogens with zero attached hydrogens (tertiary/aromatic N) is 2. The van der Waals surface area contributed by atoms with E-state index in [2.05, 4.69) is 13.0 Å². The van der Waals surface area contributed by atoms with Crippen molar-refractivity contribution in [3.05, 3.63) is 0 Å². The number of unbranched alkanes of at least 4 members (excludes halogenated alkanes) is 1. The standard InChI is InChI=1S/C13H24N2O2/c1-5-7-8-12(13(16)17-4)15(6-2)10-11(3)9-14/h11-12H,5-8,10H2,1-4H3. The summed E-state index contributed by atoms with van der Waals surface area (Å²) in [7, 11) is 1.42. The number of hydrogen-bond donors (Lipinski definition) is 0. The van der Waals surface area contributed by atoms with E-state index < -0.39 is 0 Å². The lowest BCUT2D eigenvalue weighted by molar-refractivity contribution is -0.147. The normalized spacial score (nSPS) is 14.1. The lowest BCUT2D eigenvalue weighted by Crippen LogP contribution is -2.43. The molecule has 98 valence electrons. The van der Waals surface area contributed by atoms with Gasteiger partial charge in [0.15, 0.2) is 0 Å². The van der Waals surface area contributed by atoms with Crippen molar-refractivity contribution in [3.63, 3.8) is 0 Å².